The van der Waals surface area contributed by atoms with E-state index in [9.17, 15) is 0 Å². The van der Waals surface area contributed by atoms with E-state index in [4.69, 9.17) is 0 Å². The summed E-state index contributed by atoms with van der Waals surface area (Å²) in [5.41, 5.74) is 13.6. The molecule has 0 radical (unpaired) electrons. The first-order valence-electron chi connectivity index (χ1n) is 17.2. The summed E-state index contributed by atoms with van der Waals surface area (Å²) in [5, 5.41) is 2.93. The van der Waals surface area contributed by atoms with Gasteiger partial charge in [0.2, 0.25) is 0 Å². The van der Waals surface area contributed by atoms with Crippen LogP contribution in [0.3, 0.4) is 0 Å². The topological polar surface area (TPSA) is 6.48 Å². The Balaban J connectivity index is 2.00. The maximum Gasteiger partial charge on any atom is 0.0361 e. The van der Waals surface area contributed by atoms with Crippen molar-refractivity contribution in [3.63, 3.8) is 0 Å². The lowest BCUT2D eigenvalue weighted by Gasteiger charge is -2.37. The van der Waals surface area contributed by atoms with E-state index in [-0.39, 0.29) is 21.7 Å². The van der Waals surface area contributed by atoms with Crippen LogP contribution in [0.25, 0.3) is 22.3 Å². The number of anilines is 2. The van der Waals surface area contributed by atoms with Gasteiger partial charge in [0.05, 0.1) is 0 Å². The van der Waals surface area contributed by atoms with Crippen LogP contribution in [0.5, 0.6) is 0 Å². The van der Waals surface area contributed by atoms with Crippen LogP contribution >= 0.6 is 8.58 Å². The van der Waals surface area contributed by atoms with Crippen LogP contribution < -0.4 is 20.4 Å². The average Bonchev–Trinajstić information content (AvgIpc) is 2.94. The highest BCUT2D eigenvalue weighted by Crippen LogP contribution is 2.45. The molecule has 0 aliphatic rings. The molecule has 47 heavy (non-hydrogen) atoms. The van der Waals surface area contributed by atoms with E-state index in [1.165, 1.54) is 66.5 Å². The number of hydrogen-bond acceptors (Lipinski definition) is 2. The van der Waals surface area contributed by atoms with Gasteiger partial charge in [-0.25, -0.2) is 0 Å². The molecule has 0 atom stereocenters. The molecule has 0 fully saturated rings. The summed E-state index contributed by atoms with van der Waals surface area (Å²) in [5.74, 6) is 0. The van der Waals surface area contributed by atoms with Gasteiger partial charge in [-0.15, -0.1) is 0 Å². The molecule has 4 aromatic carbocycles. The number of rotatable bonds is 6. The van der Waals surface area contributed by atoms with Crippen LogP contribution in [0.15, 0.2) is 72.8 Å². The van der Waals surface area contributed by atoms with Gasteiger partial charge in [-0.1, -0.05) is 140 Å². The first-order chi connectivity index (χ1) is 21.5. The summed E-state index contributed by atoms with van der Waals surface area (Å²) in [6.07, 6.45) is 0. The molecule has 252 valence electrons. The minimum absolute atomic E-state index is 0.0204. The zero-order valence-electron chi connectivity index (χ0n) is 32.3. The molecule has 0 aliphatic heterocycles. The maximum absolute atomic E-state index is 2.44. The van der Waals surface area contributed by atoms with Crippen LogP contribution in [0.1, 0.15) is 105 Å². The van der Waals surface area contributed by atoms with Gasteiger partial charge in [-0.3, -0.25) is 0 Å². The zero-order chi connectivity index (χ0) is 35.3. The molecule has 3 heteroatoms. The molecule has 0 spiro atoms. The third-order valence-corrected chi connectivity index (χ3v) is 10.4. The van der Waals surface area contributed by atoms with Crippen molar-refractivity contribution in [1.82, 2.24) is 0 Å². The predicted molar refractivity (Wildman–Crippen MR) is 215 cm³/mol. The Morgan fingerprint density at radius 1 is 0.362 bits per heavy atom. The van der Waals surface area contributed by atoms with Crippen molar-refractivity contribution >= 4 is 30.6 Å². The number of hydrogen-bond donors (Lipinski definition) is 0. The van der Waals surface area contributed by atoms with E-state index in [0.29, 0.717) is 8.58 Å². The van der Waals surface area contributed by atoms with E-state index in [1.807, 2.05) is 0 Å². The van der Waals surface area contributed by atoms with Crippen LogP contribution in [0.2, 0.25) is 0 Å². The van der Waals surface area contributed by atoms with Gasteiger partial charge in [0.1, 0.15) is 0 Å². The second-order valence-electron chi connectivity index (χ2n) is 17.8. The molecular weight excluding hydrogens is 587 g/mol. The van der Waals surface area contributed by atoms with Gasteiger partial charge in [0, 0.05) is 39.6 Å². The van der Waals surface area contributed by atoms with Crippen molar-refractivity contribution in [2.24, 2.45) is 0 Å². The third kappa shape index (κ3) is 7.97. The smallest absolute Gasteiger partial charge is 0.0361 e. The average molecular weight is 649 g/mol. The molecule has 0 unspecified atom stereocenters. The monoisotopic (exact) mass is 648 g/mol. The first kappa shape index (κ1) is 36.7. The molecule has 0 aliphatic carbocycles. The van der Waals surface area contributed by atoms with E-state index < -0.39 is 0 Å². The minimum atomic E-state index is -0.0232. The highest BCUT2D eigenvalue weighted by atomic mass is 31.1. The lowest BCUT2D eigenvalue weighted by molar-refractivity contribution is 0.534. The van der Waals surface area contributed by atoms with E-state index in [0.717, 1.165) is 0 Å². The summed E-state index contributed by atoms with van der Waals surface area (Å²) in [6, 6.07) is 27.9. The van der Waals surface area contributed by atoms with Crippen molar-refractivity contribution in [2.75, 3.05) is 38.0 Å². The van der Waals surface area contributed by atoms with E-state index in [2.05, 4.69) is 194 Å². The summed E-state index contributed by atoms with van der Waals surface area (Å²) in [6.45, 7) is 28.7. The zero-order valence-corrected chi connectivity index (χ0v) is 33.3. The highest BCUT2D eigenvalue weighted by molar-refractivity contribution is 7.55. The highest BCUT2D eigenvalue weighted by Gasteiger charge is 2.34. The van der Waals surface area contributed by atoms with Crippen molar-refractivity contribution in [1.29, 1.82) is 0 Å². The SMILES string of the molecule is CN(C)c1ccc(-c2ccc(Pc3ccc(-c4ccc(N(C)C)cc4)c(C(C)(C)C)c3C(C)(C)C)c(C(C)(C)C)c2C(C)(C)C)cc1. The van der Waals surface area contributed by atoms with Crippen LogP contribution in [-0.4, -0.2) is 28.2 Å². The first-order valence-corrected chi connectivity index (χ1v) is 18.2. The van der Waals surface area contributed by atoms with Gasteiger partial charge < -0.3 is 9.80 Å². The van der Waals surface area contributed by atoms with Crippen molar-refractivity contribution in [2.45, 2.75) is 105 Å². The molecule has 0 saturated carbocycles. The van der Waals surface area contributed by atoms with Crippen molar-refractivity contribution in [3.8, 4) is 22.3 Å². The lowest BCUT2D eigenvalue weighted by Crippen LogP contribution is -2.32. The van der Waals surface area contributed by atoms with E-state index in [1.54, 1.807) is 0 Å². The number of benzene rings is 4. The molecule has 0 bridgehead atoms. The Bertz CT molecular complexity index is 1570. The van der Waals surface area contributed by atoms with Crippen LogP contribution in [0, 0.1) is 0 Å². The Kier molecular flexibility index (Phi) is 10.2. The normalized spacial score (nSPS) is 12.8. The Morgan fingerprint density at radius 2 is 0.638 bits per heavy atom. The summed E-state index contributed by atoms with van der Waals surface area (Å²) in [7, 11) is 8.97. The molecule has 0 heterocycles. The van der Waals surface area contributed by atoms with Gasteiger partial charge >= 0.3 is 0 Å². The van der Waals surface area contributed by atoms with E-state index >= 15 is 0 Å². The quantitative estimate of drug-likeness (QED) is 0.192. The lowest BCUT2D eigenvalue weighted by atomic mass is 9.72. The Morgan fingerprint density at radius 3 is 0.872 bits per heavy atom. The van der Waals surface area contributed by atoms with Gasteiger partial charge in [-0.05, 0) is 101 Å². The fraction of sp³-hybridized carbons (Fsp3) is 0.455. The minimum Gasteiger partial charge on any atom is -0.378 e. The third-order valence-electron chi connectivity index (χ3n) is 9.07. The standard InChI is InChI=1S/C44H61N2P/c1-41(2,3)37-33(29-17-21-31(22-18-29)45(13)14)25-27-35(39(37)43(7,8)9)47-36-28-26-34(30-19-23-32(24-20-30)46(15)16)38(42(4,5)6)40(36)44(10,11)12/h17-28,47H,1-16H3. The molecule has 0 amide bonds. The van der Waals surface area contributed by atoms with Crippen LogP contribution in [0.4, 0.5) is 11.4 Å². The molecule has 2 nitrogen and oxygen atoms in total. The predicted octanol–water partition coefficient (Wildman–Crippen LogP) is 11.0. The molecule has 0 aromatic heterocycles. The molecule has 0 saturated heterocycles. The maximum atomic E-state index is 2.44. The molecular formula is C44H61N2P. The molecule has 4 rings (SSSR count). The second-order valence-corrected chi connectivity index (χ2v) is 19.2. The van der Waals surface area contributed by atoms with Gasteiger partial charge in [0.15, 0.2) is 0 Å². The fourth-order valence-corrected chi connectivity index (χ4v) is 8.91. The summed E-state index contributed by atoms with van der Waals surface area (Å²) >= 11 is 0. The van der Waals surface area contributed by atoms with Crippen molar-refractivity contribution in [3.05, 3.63) is 95.1 Å². The summed E-state index contributed by atoms with van der Waals surface area (Å²) in [4.78, 5) is 4.34. The Labute approximate surface area is 289 Å². The van der Waals surface area contributed by atoms with Gasteiger partial charge in [0.25, 0.3) is 0 Å². The second kappa shape index (κ2) is 13.1. The van der Waals surface area contributed by atoms with Crippen LogP contribution in [-0.2, 0) is 21.7 Å². The summed E-state index contributed by atoms with van der Waals surface area (Å²) < 4.78 is 0. The van der Waals surface area contributed by atoms with Crippen molar-refractivity contribution < 1.29 is 0 Å². The molecule has 4 aromatic rings. The van der Waals surface area contributed by atoms with Gasteiger partial charge in [-0.2, -0.15) is 0 Å². The Hall–Kier alpha value is -3.09. The fourth-order valence-electron chi connectivity index (χ4n) is 7.03. The largest absolute Gasteiger partial charge is 0.378 e. The number of nitrogens with zero attached hydrogens (tertiary/aromatic N) is 2. The molecule has 0 N–H and O–H groups in total.